The van der Waals surface area contributed by atoms with E-state index < -0.39 is 0 Å². The SMILES string of the molecule is COc1cccc(CC(=O)Nc2nc3ccc(C(=O)Nc4c(C)cc(C)cc4C)cc3s2)c1. The van der Waals surface area contributed by atoms with Crippen LogP contribution in [0.3, 0.4) is 0 Å². The van der Waals surface area contributed by atoms with Crippen molar-refractivity contribution in [3.8, 4) is 5.75 Å². The molecule has 0 aliphatic rings. The Morgan fingerprint density at radius 2 is 1.73 bits per heavy atom. The number of ether oxygens (including phenoxy) is 1. The molecule has 7 heteroatoms. The Labute approximate surface area is 196 Å². The van der Waals surface area contributed by atoms with E-state index in [9.17, 15) is 9.59 Å². The molecule has 0 aliphatic carbocycles. The van der Waals surface area contributed by atoms with Crippen LogP contribution >= 0.6 is 11.3 Å². The number of thiazole rings is 1. The quantitative estimate of drug-likeness (QED) is 0.390. The maximum atomic E-state index is 12.9. The van der Waals surface area contributed by atoms with Gasteiger partial charge >= 0.3 is 0 Å². The number of fused-ring (bicyclic) bond motifs is 1. The minimum Gasteiger partial charge on any atom is -0.497 e. The van der Waals surface area contributed by atoms with E-state index in [-0.39, 0.29) is 18.2 Å². The van der Waals surface area contributed by atoms with Crippen LogP contribution in [-0.4, -0.2) is 23.9 Å². The van der Waals surface area contributed by atoms with Crippen molar-refractivity contribution in [2.75, 3.05) is 17.7 Å². The van der Waals surface area contributed by atoms with Gasteiger partial charge in [-0.15, -0.1) is 0 Å². The Morgan fingerprint density at radius 3 is 2.45 bits per heavy atom. The average Bonchev–Trinajstić information content (AvgIpc) is 3.17. The van der Waals surface area contributed by atoms with Gasteiger partial charge in [-0.05, 0) is 67.8 Å². The predicted octanol–water partition coefficient (Wildman–Crippen LogP) is 5.66. The molecule has 1 aromatic heterocycles. The van der Waals surface area contributed by atoms with Gasteiger partial charge in [0.15, 0.2) is 5.13 Å². The average molecular weight is 460 g/mol. The van der Waals surface area contributed by atoms with E-state index in [2.05, 4.69) is 27.8 Å². The third kappa shape index (κ3) is 5.21. The van der Waals surface area contributed by atoms with E-state index in [0.29, 0.717) is 16.4 Å². The third-order valence-corrected chi connectivity index (χ3v) is 6.24. The molecule has 0 saturated carbocycles. The summed E-state index contributed by atoms with van der Waals surface area (Å²) in [6.07, 6.45) is 0.218. The molecule has 1 heterocycles. The first-order chi connectivity index (χ1) is 15.8. The molecule has 3 aromatic carbocycles. The van der Waals surface area contributed by atoms with Gasteiger partial charge in [-0.25, -0.2) is 4.98 Å². The molecule has 4 rings (SSSR count). The Kier molecular flexibility index (Phi) is 6.42. The molecule has 0 radical (unpaired) electrons. The maximum absolute atomic E-state index is 12.9. The highest BCUT2D eigenvalue weighted by Crippen LogP contribution is 2.28. The Hall–Kier alpha value is -3.71. The van der Waals surface area contributed by atoms with Crippen molar-refractivity contribution in [3.63, 3.8) is 0 Å². The fourth-order valence-corrected chi connectivity index (χ4v) is 4.73. The van der Waals surface area contributed by atoms with Gasteiger partial charge < -0.3 is 15.4 Å². The van der Waals surface area contributed by atoms with E-state index in [0.717, 1.165) is 38.2 Å². The zero-order chi connectivity index (χ0) is 23.5. The highest BCUT2D eigenvalue weighted by molar-refractivity contribution is 7.22. The number of anilines is 2. The summed E-state index contributed by atoms with van der Waals surface area (Å²) in [5.74, 6) is 0.372. The number of aryl methyl sites for hydroxylation is 3. The summed E-state index contributed by atoms with van der Waals surface area (Å²) >= 11 is 1.34. The van der Waals surface area contributed by atoms with Crippen LogP contribution < -0.4 is 15.4 Å². The van der Waals surface area contributed by atoms with Crippen LogP contribution in [0.1, 0.15) is 32.6 Å². The third-order valence-electron chi connectivity index (χ3n) is 5.31. The summed E-state index contributed by atoms with van der Waals surface area (Å²) in [7, 11) is 1.60. The second-order valence-corrected chi connectivity index (χ2v) is 9.04. The Balaban J connectivity index is 1.48. The number of aromatic nitrogens is 1. The molecule has 0 unspecified atom stereocenters. The molecule has 6 nitrogen and oxygen atoms in total. The predicted molar refractivity (Wildman–Crippen MR) is 134 cm³/mol. The first-order valence-electron chi connectivity index (χ1n) is 10.5. The second-order valence-electron chi connectivity index (χ2n) is 8.01. The van der Waals surface area contributed by atoms with Crippen molar-refractivity contribution < 1.29 is 14.3 Å². The number of methoxy groups -OCH3 is 1. The van der Waals surface area contributed by atoms with Crippen molar-refractivity contribution in [2.24, 2.45) is 0 Å². The fraction of sp³-hybridized carbons (Fsp3) is 0.192. The molecular formula is C26H25N3O3S. The number of nitrogens with one attached hydrogen (secondary N) is 2. The first-order valence-corrected chi connectivity index (χ1v) is 11.4. The monoisotopic (exact) mass is 459 g/mol. The van der Waals surface area contributed by atoms with Crippen molar-refractivity contribution in [2.45, 2.75) is 27.2 Å². The second kappa shape index (κ2) is 9.42. The van der Waals surface area contributed by atoms with Crippen LogP contribution in [0.25, 0.3) is 10.2 Å². The summed E-state index contributed by atoms with van der Waals surface area (Å²) in [6.45, 7) is 6.02. The van der Waals surface area contributed by atoms with E-state index in [1.54, 1.807) is 25.3 Å². The topological polar surface area (TPSA) is 80.3 Å². The van der Waals surface area contributed by atoms with E-state index in [1.165, 1.54) is 11.3 Å². The summed E-state index contributed by atoms with van der Waals surface area (Å²) in [4.78, 5) is 29.8. The minimum atomic E-state index is -0.177. The number of amides is 2. The van der Waals surface area contributed by atoms with Gasteiger partial charge in [0, 0.05) is 11.3 Å². The molecule has 2 N–H and O–H groups in total. The zero-order valence-electron chi connectivity index (χ0n) is 19.0. The van der Waals surface area contributed by atoms with Crippen LogP contribution in [0.2, 0.25) is 0 Å². The minimum absolute atomic E-state index is 0.161. The number of nitrogens with zero attached hydrogens (tertiary/aromatic N) is 1. The fourth-order valence-electron chi connectivity index (χ4n) is 3.81. The van der Waals surface area contributed by atoms with Crippen LogP contribution in [0.4, 0.5) is 10.8 Å². The molecule has 0 spiro atoms. The van der Waals surface area contributed by atoms with Gasteiger partial charge in [-0.3, -0.25) is 9.59 Å². The van der Waals surface area contributed by atoms with Gasteiger partial charge in [0.1, 0.15) is 5.75 Å². The first kappa shape index (κ1) is 22.5. The van der Waals surface area contributed by atoms with Crippen molar-refractivity contribution in [3.05, 3.63) is 82.4 Å². The van der Waals surface area contributed by atoms with Crippen LogP contribution in [-0.2, 0) is 11.2 Å². The number of carbonyl (C=O) groups excluding carboxylic acids is 2. The molecule has 0 aliphatic heterocycles. The summed E-state index contributed by atoms with van der Waals surface area (Å²) in [5.41, 5.74) is 6.18. The standard InChI is InChI=1S/C26H25N3O3S/c1-15-10-16(2)24(17(3)11-15)29-25(31)19-8-9-21-22(14-19)33-26(27-21)28-23(30)13-18-6-5-7-20(12-18)32-4/h5-12,14H,13H2,1-4H3,(H,29,31)(H,27,28,30). The lowest BCUT2D eigenvalue weighted by Crippen LogP contribution is -2.14. The Morgan fingerprint density at radius 1 is 0.970 bits per heavy atom. The van der Waals surface area contributed by atoms with Gasteiger partial charge in [-0.2, -0.15) is 0 Å². The van der Waals surface area contributed by atoms with Gasteiger partial charge in [-0.1, -0.05) is 41.2 Å². The van der Waals surface area contributed by atoms with Crippen LogP contribution in [0, 0.1) is 20.8 Å². The van der Waals surface area contributed by atoms with E-state index in [1.807, 2.05) is 45.0 Å². The van der Waals surface area contributed by atoms with Gasteiger partial charge in [0.25, 0.3) is 5.91 Å². The van der Waals surface area contributed by atoms with E-state index in [4.69, 9.17) is 4.74 Å². The zero-order valence-corrected chi connectivity index (χ0v) is 19.8. The molecule has 168 valence electrons. The Bertz CT molecular complexity index is 1340. The van der Waals surface area contributed by atoms with Crippen molar-refractivity contribution in [1.82, 2.24) is 4.98 Å². The molecular weight excluding hydrogens is 434 g/mol. The van der Waals surface area contributed by atoms with Crippen molar-refractivity contribution >= 4 is 44.2 Å². The lowest BCUT2D eigenvalue weighted by molar-refractivity contribution is -0.115. The number of hydrogen-bond acceptors (Lipinski definition) is 5. The summed E-state index contributed by atoms with van der Waals surface area (Å²) < 4.78 is 6.04. The highest BCUT2D eigenvalue weighted by Gasteiger charge is 2.14. The number of benzene rings is 3. The van der Waals surface area contributed by atoms with Gasteiger partial charge in [0.2, 0.25) is 5.91 Å². The number of carbonyl (C=O) groups is 2. The largest absolute Gasteiger partial charge is 0.497 e. The molecule has 33 heavy (non-hydrogen) atoms. The molecule has 0 saturated heterocycles. The van der Waals surface area contributed by atoms with Crippen LogP contribution in [0.15, 0.2) is 54.6 Å². The molecule has 2 amide bonds. The number of hydrogen-bond donors (Lipinski definition) is 2. The highest BCUT2D eigenvalue weighted by atomic mass is 32.1. The van der Waals surface area contributed by atoms with Crippen molar-refractivity contribution in [1.29, 1.82) is 0 Å². The summed E-state index contributed by atoms with van der Waals surface area (Å²) in [5, 5.41) is 6.38. The normalized spacial score (nSPS) is 10.8. The molecule has 0 bridgehead atoms. The maximum Gasteiger partial charge on any atom is 0.255 e. The van der Waals surface area contributed by atoms with E-state index >= 15 is 0 Å². The lowest BCUT2D eigenvalue weighted by atomic mass is 10.0. The van der Waals surface area contributed by atoms with Gasteiger partial charge in [0.05, 0.1) is 23.7 Å². The lowest BCUT2D eigenvalue weighted by Gasteiger charge is -2.12. The van der Waals surface area contributed by atoms with Crippen LogP contribution in [0.5, 0.6) is 5.75 Å². The number of rotatable bonds is 6. The molecule has 0 atom stereocenters. The molecule has 0 fully saturated rings. The summed E-state index contributed by atoms with van der Waals surface area (Å²) in [6, 6.07) is 16.9. The molecule has 4 aromatic rings. The smallest absolute Gasteiger partial charge is 0.255 e.